The number of hydrogen-bond acceptors (Lipinski definition) is 5. The van der Waals surface area contributed by atoms with E-state index < -0.39 is 5.91 Å². The molecule has 0 aliphatic heterocycles. The van der Waals surface area contributed by atoms with Crippen LogP contribution in [0.3, 0.4) is 0 Å². The van der Waals surface area contributed by atoms with Gasteiger partial charge in [-0.2, -0.15) is 0 Å². The SMILES string of the molecule is Cc1c(C(N)=O)sc2nc(COc3ccccc3)[nH]c(=O)c12. The highest BCUT2D eigenvalue weighted by atomic mass is 32.1. The molecule has 6 nitrogen and oxygen atoms in total. The van der Waals surface area contributed by atoms with E-state index in [0.717, 1.165) is 11.3 Å². The van der Waals surface area contributed by atoms with Crippen LogP contribution in [0, 0.1) is 6.92 Å². The van der Waals surface area contributed by atoms with Crippen LogP contribution in [0.1, 0.15) is 21.1 Å². The van der Waals surface area contributed by atoms with E-state index in [1.54, 1.807) is 6.92 Å². The molecule has 1 aromatic carbocycles. The lowest BCUT2D eigenvalue weighted by Gasteiger charge is -2.05. The van der Waals surface area contributed by atoms with Gasteiger partial charge in [0.2, 0.25) is 0 Å². The zero-order valence-corrected chi connectivity index (χ0v) is 12.6. The third-order valence-corrected chi connectivity index (χ3v) is 4.39. The predicted molar refractivity (Wildman–Crippen MR) is 84.3 cm³/mol. The molecule has 0 atom stereocenters. The summed E-state index contributed by atoms with van der Waals surface area (Å²) in [7, 11) is 0. The van der Waals surface area contributed by atoms with E-state index in [1.807, 2.05) is 30.3 Å². The van der Waals surface area contributed by atoms with Gasteiger partial charge in [-0.3, -0.25) is 9.59 Å². The molecule has 0 aliphatic rings. The Labute approximate surface area is 129 Å². The quantitative estimate of drug-likeness (QED) is 0.769. The number of nitrogens with zero attached hydrogens (tertiary/aromatic N) is 1. The Morgan fingerprint density at radius 3 is 2.77 bits per heavy atom. The summed E-state index contributed by atoms with van der Waals surface area (Å²) in [5, 5.41) is 0.405. The van der Waals surface area contributed by atoms with E-state index in [9.17, 15) is 9.59 Å². The van der Waals surface area contributed by atoms with Gasteiger partial charge in [-0.15, -0.1) is 11.3 Å². The number of nitrogens with two attached hydrogens (primary N) is 1. The second-order valence-electron chi connectivity index (χ2n) is 4.71. The van der Waals surface area contributed by atoms with E-state index in [0.29, 0.717) is 32.2 Å². The van der Waals surface area contributed by atoms with Gasteiger partial charge in [-0.05, 0) is 24.6 Å². The number of rotatable bonds is 4. The molecular weight excluding hydrogens is 302 g/mol. The van der Waals surface area contributed by atoms with Gasteiger partial charge in [-0.25, -0.2) is 4.98 Å². The number of carbonyl (C=O) groups excluding carboxylic acids is 1. The van der Waals surface area contributed by atoms with Crippen molar-refractivity contribution in [2.24, 2.45) is 5.73 Å². The molecule has 3 aromatic rings. The molecule has 22 heavy (non-hydrogen) atoms. The number of carbonyl (C=O) groups is 1. The number of fused-ring (bicyclic) bond motifs is 1. The topological polar surface area (TPSA) is 98.1 Å². The van der Waals surface area contributed by atoms with Gasteiger partial charge in [0, 0.05) is 0 Å². The van der Waals surface area contributed by atoms with Crippen molar-refractivity contribution in [2.45, 2.75) is 13.5 Å². The molecule has 2 heterocycles. The summed E-state index contributed by atoms with van der Waals surface area (Å²) in [6.07, 6.45) is 0. The van der Waals surface area contributed by atoms with E-state index >= 15 is 0 Å². The van der Waals surface area contributed by atoms with E-state index in [1.165, 1.54) is 0 Å². The highest BCUT2D eigenvalue weighted by Gasteiger charge is 2.17. The Hall–Kier alpha value is -2.67. The second-order valence-corrected chi connectivity index (χ2v) is 5.71. The minimum absolute atomic E-state index is 0.137. The second kappa shape index (κ2) is 5.61. The van der Waals surface area contributed by atoms with Gasteiger partial charge in [0.15, 0.2) is 0 Å². The monoisotopic (exact) mass is 315 g/mol. The lowest BCUT2D eigenvalue weighted by molar-refractivity contribution is 0.100. The maximum atomic E-state index is 12.2. The van der Waals surface area contributed by atoms with Crippen LogP contribution in [0.4, 0.5) is 0 Å². The fourth-order valence-electron chi connectivity index (χ4n) is 2.16. The highest BCUT2D eigenvalue weighted by Crippen LogP contribution is 2.26. The molecule has 0 unspecified atom stereocenters. The fourth-order valence-corrected chi connectivity index (χ4v) is 3.21. The standard InChI is InChI=1S/C15H13N3O3S/c1-8-11-14(20)17-10(7-21-9-5-3-2-4-6-9)18-15(11)22-12(8)13(16)19/h2-6H,7H2,1H3,(H2,16,19)(H,17,18,20). The number of aryl methyl sites for hydroxylation is 1. The van der Waals surface area contributed by atoms with Crippen molar-refractivity contribution < 1.29 is 9.53 Å². The van der Waals surface area contributed by atoms with Crippen LogP contribution in [0.2, 0.25) is 0 Å². The molecule has 2 aromatic heterocycles. The number of nitrogens with one attached hydrogen (secondary N) is 1. The van der Waals surface area contributed by atoms with Crippen LogP contribution >= 0.6 is 11.3 Å². The first-order chi connectivity index (χ1) is 10.6. The van der Waals surface area contributed by atoms with Crippen LogP contribution in [0.5, 0.6) is 5.75 Å². The summed E-state index contributed by atoms with van der Waals surface area (Å²) in [6, 6.07) is 9.24. The maximum Gasteiger partial charge on any atom is 0.260 e. The Kier molecular flexibility index (Phi) is 3.64. The molecule has 7 heteroatoms. The fraction of sp³-hybridized carbons (Fsp3) is 0.133. The summed E-state index contributed by atoms with van der Waals surface area (Å²) in [6.45, 7) is 1.83. The molecule has 0 radical (unpaired) electrons. The van der Waals surface area contributed by atoms with Crippen LogP contribution in [-0.4, -0.2) is 15.9 Å². The summed E-state index contributed by atoms with van der Waals surface area (Å²) in [4.78, 5) is 31.4. The summed E-state index contributed by atoms with van der Waals surface area (Å²) >= 11 is 1.12. The minimum Gasteiger partial charge on any atom is -0.486 e. The van der Waals surface area contributed by atoms with Crippen molar-refractivity contribution in [2.75, 3.05) is 0 Å². The smallest absolute Gasteiger partial charge is 0.260 e. The number of aromatic nitrogens is 2. The molecule has 0 aliphatic carbocycles. The summed E-state index contributed by atoms with van der Waals surface area (Å²) < 4.78 is 5.56. The van der Waals surface area contributed by atoms with Gasteiger partial charge in [0.05, 0.1) is 10.3 Å². The third-order valence-electron chi connectivity index (χ3n) is 3.19. The molecule has 3 rings (SSSR count). The molecule has 112 valence electrons. The number of ether oxygens (including phenoxy) is 1. The Bertz CT molecular complexity index is 900. The van der Waals surface area contributed by atoms with Gasteiger partial charge >= 0.3 is 0 Å². The molecule has 3 N–H and O–H groups in total. The minimum atomic E-state index is -0.554. The normalized spacial score (nSPS) is 10.8. The number of H-pyrrole nitrogens is 1. The first-order valence-corrected chi connectivity index (χ1v) is 7.38. The van der Waals surface area contributed by atoms with Gasteiger partial charge in [-0.1, -0.05) is 18.2 Å². The van der Waals surface area contributed by atoms with Gasteiger partial charge < -0.3 is 15.5 Å². The van der Waals surface area contributed by atoms with Crippen molar-refractivity contribution in [3.8, 4) is 5.75 Å². The lowest BCUT2D eigenvalue weighted by Crippen LogP contribution is -2.14. The lowest BCUT2D eigenvalue weighted by atomic mass is 10.2. The van der Waals surface area contributed by atoms with Gasteiger partial charge in [0.1, 0.15) is 23.0 Å². The molecule has 1 amide bonds. The van der Waals surface area contributed by atoms with Gasteiger partial charge in [0.25, 0.3) is 11.5 Å². The average molecular weight is 315 g/mol. The highest BCUT2D eigenvalue weighted by molar-refractivity contribution is 7.20. The Balaban J connectivity index is 1.95. The molecular formula is C15H13N3O3S. The maximum absolute atomic E-state index is 12.2. The largest absolute Gasteiger partial charge is 0.486 e. The number of benzene rings is 1. The number of amides is 1. The molecule has 0 saturated carbocycles. The average Bonchev–Trinajstić information content (AvgIpc) is 2.84. The van der Waals surface area contributed by atoms with Crippen molar-refractivity contribution in [3.05, 3.63) is 57.0 Å². The summed E-state index contributed by atoms with van der Waals surface area (Å²) in [5.74, 6) is 0.533. The Morgan fingerprint density at radius 1 is 1.36 bits per heavy atom. The number of thiophene rings is 1. The van der Waals surface area contributed by atoms with E-state index in [2.05, 4.69) is 9.97 Å². The van der Waals surface area contributed by atoms with Crippen molar-refractivity contribution >= 4 is 27.5 Å². The van der Waals surface area contributed by atoms with Crippen LogP contribution in [-0.2, 0) is 6.61 Å². The first kappa shape index (κ1) is 14.3. The number of para-hydroxylation sites is 1. The van der Waals surface area contributed by atoms with Crippen molar-refractivity contribution in [1.82, 2.24) is 9.97 Å². The molecule has 0 saturated heterocycles. The van der Waals surface area contributed by atoms with Crippen molar-refractivity contribution in [3.63, 3.8) is 0 Å². The van der Waals surface area contributed by atoms with E-state index in [-0.39, 0.29) is 12.2 Å². The zero-order valence-electron chi connectivity index (χ0n) is 11.8. The summed E-state index contributed by atoms with van der Waals surface area (Å²) in [5.41, 5.74) is 5.58. The molecule has 0 fully saturated rings. The first-order valence-electron chi connectivity index (χ1n) is 6.56. The zero-order chi connectivity index (χ0) is 15.7. The van der Waals surface area contributed by atoms with Crippen LogP contribution < -0.4 is 16.0 Å². The third kappa shape index (κ3) is 2.58. The molecule has 0 spiro atoms. The number of aromatic amines is 1. The van der Waals surface area contributed by atoms with Crippen LogP contribution in [0.25, 0.3) is 10.2 Å². The Morgan fingerprint density at radius 2 is 2.09 bits per heavy atom. The molecule has 0 bridgehead atoms. The number of hydrogen-bond donors (Lipinski definition) is 2. The van der Waals surface area contributed by atoms with Crippen LogP contribution in [0.15, 0.2) is 35.1 Å². The van der Waals surface area contributed by atoms with E-state index in [4.69, 9.17) is 10.5 Å². The van der Waals surface area contributed by atoms with Crippen molar-refractivity contribution in [1.29, 1.82) is 0 Å². The number of primary amides is 1. The predicted octanol–water partition coefficient (Wildman–Crippen LogP) is 1.97.